The van der Waals surface area contributed by atoms with Gasteiger partial charge in [-0.3, -0.25) is 0 Å². The van der Waals surface area contributed by atoms with Crippen LogP contribution in [0.2, 0.25) is 0 Å². The van der Waals surface area contributed by atoms with Crippen molar-refractivity contribution in [3.8, 4) is 23.0 Å². The highest BCUT2D eigenvalue weighted by Crippen LogP contribution is 2.36. The van der Waals surface area contributed by atoms with Gasteiger partial charge in [0.1, 0.15) is 23.3 Å². The number of aryl methyl sites for hydroxylation is 1. The third-order valence-corrected chi connectivity index (χ3v) is 5.43. The van der Waals surface area contributed by atoms with Gasteiger partial charge in [0.15, 0.2) is 5.82 Å². The number of allylic oxidation sites excluding steroid dienone is 1. The van der Waals surface area contributed by atoms with Crippen molar-refractivity contribution in [1.82, 2.24) is 0 Å². The zero-order valence-corrected chi connectivity index (χ0v) is 17.8. The van der Waals surface area contributed by atoms with Crippen molar-refractivity contribution in [1.29, 1.82) is 0 Å². The summed E-state index contributed by atoms with van der Waals surface area (Å²) in [5, 5.41) is -0.961. The number of hydrogen-bond acceptors (Lipinski definition) is 0. The molecule has 0 unspecified atom stereocenters. The molecule has 178 valence electrons. The molecule has 0 aliphatic heterocycles. The number of hydrogen-bond donors (Lipinski definition) is 0. The quantitative estimate of drug-likeness (QED) is 0.153. The summed E-state index contributed by atoms with van der Waals surface area (Å²) >= 11 is 0. The standard InChI is InChI=1S/C27H14F8/c1-2-3-4-14-5-6-18-15(9-14)11-21(29)23(25(18)31)17-10-16-12-20(28)19(7-8-27(33,34)35)26(32)24(16)22(30)13-17/h2,5-6,9-13H,1,3-4H2. The second-order valence-corrected chi connectivity index (χ2v) is 7.78. The maximum atomic E-state index is 15.3. The number of halogens is 8. The van der Waals surface area contributed by atoms with Crippen LogP contribution in [-0.2, 0) is 6.42 Å². The fourth-order valence-corrected chi connectivity index (χ4v) is 3.87. The molecule has 0 aromatic heterocycles. The van der Waals surface area contributed by atoms with Crippen LogP contribution in [0, 0.1) is 40.9 Å². The van der Waals surface area contributed by atoms with Crippen molar-refractivity contribution in [2.24, 2.45) is 0 Å². The molecule has 0 bridgehead atoms. The Kier molecular flexibility index (Phi) is 6.28. The fraction of sp³-hybridized carbons (Fsp3) is 0.111. The van der Waals surface area contributed by atoms with Crippen LogP contribution >= 0.6 is 0 Å². The molecule has 0 aliphatic carbocycles. The molecular weight excluding hydrogens is 476 g/mol. The van der Waals surface area contributed by atoms with E-state index >= 15 is 4.39 Å². The predicted octanol–water partition coefficient (Wildman–Crippen LogP) is 8.39. The largest absolute Gasteiger partial charge is 0.458 e. The zero-order valence-electron chi connectivity index (χ0n) is 17.8. The molecule has 0 N–H and O–H groups in total. The van der Waals surface area contributed by atoms with E-state index in [1.807, 2.05) is 0 Å². The summed E-state index contributed by atoms with van der Waals surface area (Å²) in [6.07, 6.45) is -2.03. The van der Waals surface area contributed by atoms with Gasteiger partial charge >= 0.3 is 6.18 Å². The molecule has 4 aromatic carbocycles. The van der Waals surface area contributed by atoms with Crippen molar-refractivity contribution < 1.29 is 35.1 Å². The molecule has 0 amide bonds. The highest BCUT2D eigenvalue weighted by Gasteiger charge is 2.25. The summed E-state index contributed by atoms with van der Waals surface area (Å²) in [7, 11) is 0. The van der Waals surface area contributed by atoms with E-state index in [4.69, 9.17) is 0 Å². The minimum absolute atomic E-state index is 0.0550. The summed E-state index contributed by atoms with van der Waals surface area (Å²) < 4.78 is 111. The van der Waals surface area contributed by atoms with E-state index in [1.165, 1.54) is 12.0 Å². The molecular formula is C27H14F8. The van der Waals surface area contributed by atoms with Crippen molar-refractivity contribution >= 4 is 21.5 Å². The molecule has 35 heavy (non-hydrogen) atoms. The summed E-state index contributed by atoms with van der Waals surface area (Å²) in [5.41, 5.74) is -1.39. The zero-order chi connectivity index (χ0) is 25.5. The first-order valence-corrected chi connectivity index (χ1v) is 10.2. The molecule has 0 saturated heterocycles. The molecule has 0 aliphatic rings. The topological polar surface area (TPSA) is 0 Å². The average molecular weight is 490 g/mol. The maximum absolute atomic E-state index is 15.3. The van der Waals surface area contributed by atoms with Crippen LogP contribution in [0.15, 0.2) is 55.1 Å². The Balaban J connectivity index is 1.89. The molecule has 0 atom stereocenters. The van der Waals surface area contributed by atoms with Gasteiger partial charge in [0, 0.05) is 11.3 Å². The summed E-state index contributed by atoms with van der Waals surface area (Å²) in [4.78, 5) is 0. The van der Waals surface area contributed by atoms with Crippen molar-refractivity contribution in [2.45, 2.75) is 19.0 Å². The van der Waals surface area contributed by atoms with Crippen LogP contribution in [-0.4, -0.2) is 6.18 Å². The van der Waals surface area contributed by atoms with Crippen molar-refractivity contribution in [3.05, 3.63) is 95.3 Å². The molecule has 4 aromatic rings. The van der Waals surface area contributed by atoms with Crippen LogP contribution < -0.4 is 0 Å². The van der Waals surface area contributed by atoms with Crippen LogP contribution in [0.3, 0.4) is 0 Å². The van der Waals surface area contributed by atoms with Crippen molar-refractivity contribution in [2.75, 3.05) is 0 Å². The van der Waals surface area contributed by atoms with Gasteiger partial charge in [-0.2, -0.15) is 13.2 Å². The van der Waals surface area contributed by atoms with Gasteiger partial charge in [-0.15, -0.1) is 6.58 Å². The summed E-state index contributed by atoms with van der Waals surface area (Å²) in [6, 6.07) is 7.95. The second kappa shape index (κ2) is 9.06. The van der Waals surface area contributed by atoms with E-state index in [9.17, 15) is 30.7 Å². The number of alkyl halides is 3. The molecule has 0 radical (unpaired) electrons. The van der Waals surface area contributed by atoms with E-state index in [-0.39, 0.29) is 16.3 Å². The van der Waals surface area contributed by atoms with Gasteiger partial charge in [0.05, 0.1) is 16.5 Å². The fourth-order valence-electron chi connectivity index (χ4n) is 3.87. The highest BCUT2D eigenvalue weighted by atomic mass is 19.4. The predicted molar refractivity (Wildman–Crippen MR) is 118 cm³/mol. The number of benzene rings is 4. The second-order valence-electron chi connectivity index (χ2n) is 7.78. The Morgan fingerprint density at radius 1 is 0.800 bits per heavy atom. The Bertz CT molecular complexity index is 1550. The minimum atomic E-state index is -5.02. The lowest BCUT2D eigenvalue weighted by Crippen LogP contribution is -2.03. The van der Waals surface area contributed by atoms with Crippen LogP contribution in [0.1, 0.15) is 17.5 Å². The third kappa shape index (κ3) is 4.72. The molecule has 0 nitrogen and oxygen atoms in total. The molecule has 8 heteroatoms. The highest BCUT2D eigenvalue weighted by molar-refractivity contribution is 5.93. The SMILES string of the molecule is C=CCCc1ccc2c(F)c(-c3cc(F)c4c(F)c(C#CC(F)(F)F)c(F)cc4c3)c(F)cc2c1. The minimum Gasteiger partial charge on any atom is -0.206 e. The first kappa shape index (κ1) is 24.3. The van der Waals surface area contributed by atoms with Gasteiger partial charge in [-0.1, -0.05) is 30.2 Å². The Labute approximate surface area is 194 Å². The van der Waals surface area contributed by atoms with Crippen LogP contribution in [0.4, 0.5) is 35.1 Å². The van der Waals surface area contributed by atoms with Crippen LogP contribution in [0.5, 0.6) is 0 Å². The normalized spacial score (nSPS) is 11.5. The Morgan fingerprint density at radius 3 is 2.20 bits per heavy atom. The Hall–Kier alpha value is -3.86. The van der Waals surface area contributed by atoms with E-state index in [2.05, 4.69) is 6.58 Å². The van der Waals surface area contributed by atoms with Gasteiger partial charge in [0.25, 0.3) is 0 Å². The average Bonchev–Trinajstić information content (AvgIpc) is 2.76. The molecule has 0 fully saturated rings. The lowest BCUT2D eigenvalue weighted by molar-refractivity contribution is -0.0696. The van der Waals surface area contributed by atoms with Gasteiger partial charge in [0.2, 0.25) is 0 Å². The van der Waals surface area contributed by atoms with E-state index in [1.54, 1.807) is 18.2 Å². The number of rotatable bonds is 4. The lowest BCUT2D eigenvalue weighted by Gasteiger charge is -2.12. The van der Waals surface area contributed by atoms with E-state index in [0.29, 0.717) is 25.0 Å². The smallest absolute Gasteiger partial charge is 0.206 e. The van der Waals surface area contributed by atoms with E-state index in [0.717, 1.165) is 23.6 Å². The summed E-state index contributed by atoms with van der Waals surface area (Å²) in [5.74, 6) is -4.43. The first-order valence-electron chi connectivity index (χ1n) is 10.2. The van der Waals surface area contributed by atoms with E-state index < -0.39 is 57.2 Å². The maximum Gasteiger partial charge on any atom is 0.458 e. The van der Waals surface area contributed by atoms with Gasteiger partial charge in [-0.05, 0) is 59.0 Å². The van der Waals surface area contributed by atoms with Gasteiger partial charge < -0.3 is 0 Å². The summed E-state index contributed by atoms with van der Waals surface area (Å²) in [6.45, 7) is 3.63. The molecule has 0 saturated carbocycles. The first-order chi connectivity index (χ1) is 16.5. The third-order valence-electron chi connectivity index (χ3n) is 5.43. The van der Waals surface area contributed by atoms with Crippen LogP contribution in [0.25, 0.3) is 32.7 Å². The number of fused-ring (bicyclic) bond motifs is 2. The molecule has 4 rings (SSSR count). The molecule has 0 heterocycles. The lowest BCUT2D eigenvalue weighted by atomic mass is 9.95. The molecule has 0 spiro atoms. The van der Waals surface area contributed by atoms with Gasteiger partial charge in [-0.25, -0.2) is 22.0 Å². The monoisotopic (exact) mass is 490 g/mol. The van der Waals surface area contributed by atoms with Crippen molar-refractivity contribution in [3.63, 3.8) is 0 Å². The Morgan fingerprint density at radius 2 is 1.51 bits per heavy atom.